The van der Waals surface area contributed by atoms with Gasteiger partial charge in [0.15, 0.2) is 0 Å². The fourth-order valence-electron chi connectivity index (χ4n) is 5.96. The molecule has 0 aromatic heterocycles. The minimum Gasteiger partial charge on any atom is -0.371 e. The lowest BCUT2D eigenvalue weighted by atomic mass is 9.84. The largest absolute Gasteiger partial charge is 0.371 e. The molecule has 5 rings (SSSR count). The van der Waals surface area contributed by atoms with Crippen LogP contribution in [0, 0.1) is 17.7 Å². The Kier molecular flexibility index (Phi) is 6.34. The summed E-state index contributed by atoms with van der Waals surface area (Å²) in [5.74, 6) is 0.500. The summed E-state index contributed by atoms with van der Waals surface area (Å²) in [6, 6.07) is 15.7. The quantitative estimate of drug-likeness (QED) is 0.743. The molecule has 0 spiro atoms. The highest BCUT2D eigenvalue weighted by atomic mass is 19.1. The first-order valence-corrected chi connectivity index (χ1v) is 12.3. The minimum atomic E-state index is -0.389. The van der Waals surface area contributed by atoms with Crippen LogP contribution in [-0.2, 0) is 4.79 Å². The molecule has 1 N–H and O–H groups in total. The summed E-state index contributed by atoms with van der Waals surface area (Å²) >= 11 is 0. The van der Waals surface area contributed by atoms with Gasteiger partial charge in [0.05, 0.1) is 0 Å². The zero-order chi connectivity index (χ0) is 22.8. The molecule has 174 valence electrons. The SMILES string of the molecule is O=C(NCC1CCN(c2ccc(F)cc2)C1)C1CC2CCCCC2N1C(=O)c1ccccc1. The maximum atomic E-state index is 13.4. The maximum absolute atomic E-state index is 13.4. The Hall–Kier alpha value is -2.89. The van der Waals surface area contributed by atoms with E-state index in [4.69, 9.17) is 0 Å². The molecule has 4 atom stereocenters. The van der Waals surface area contributed by atoms with Crippen LogP contribution in [-0.4, -0.2) is 48.4 Å². The molecule has 2 aliphatic heterocycles. The third-order valence-electron chi connectivity index (χ3n) is 7.69. The summed E-state index contributed by atoms with van der Waals surface area (Å²) in [6.45, 7) is 2.35. The van der Waals surface area contributed by atoms with Crippen molar-refractivity contribution in [3.8, 4) is 0 Å². The fraction of sp³-hybridized carbons (Fsp3) is 0.481. The molecule has 2 amide bonds. The van der Waals surface area contributed by atoms with Crippen molar-refractivity contribution >= 4 is 17.5 Å². The number of carbonyl (C=O) groups is 2. The molecule has 0 bridgehead atoms. The molecule has 2 saturated heterocycles. The van der Waals surface area contributed by atoms with Crippen LogP contribution < -0.4 is 10.2 Å². The molecule has 1 saturated carbocycles. The lowest BCUT2D eigenvalue weighted by Crippen LogP contribution is -2.50. The number of nitrogens with one attached hydrogen (secondary N) is 1. The molecule has 4 unspecified atom stereocenters. The number of carbonyl (C=O) groups excluding carboxylic acids is 2. The van der Waals surface area contributed by atoms with E-state index in [0.717, 1.165) is 50.9 Å². The van der Waals surface area contributed by atoms with Crippen molar-refractivity contribution in [1.29, 1.82) is 0 Å². The molecule has 2 aromatic carbocycles. The highest BCUT2D eigenvalue weighted by molar-refractivity contribution is 5.98. The van der Waals surface area contributed by atoms with Gasteiger partial charge in [0.25, 0.3) is 5.91 Å². The molecule has 33 heavy (non-hydrogen) atoms. The third kappa shape index (κ3) is 4.61. The van der Waals surface area contributed by atoms with Crippen LogP contribution in [0.25, 0.3) is 0 Å². The lowest BCUT2D eigenvalue weighted by molar-refractivity contribution is -0.125. The Morgan fingerprint density at radius 2 is 1.73 bits per heavy atom. The number of amides is 2. The van der Waals surface area contributed by atoms with E-state index >= 15 is 0 Å². The topological polar surface area (TPSA) is 52.7 Å². The Balaban J connectivity index is 1.23. The van der Waals surface area contributed by atoms with Crippen molar-refractivity contribution in [3.63, 3.8) is 0 Å². The van der Waals surface area contributed by atoms with Gasteiger partial charge in [0.1, 0.15) is 11.9 Å². The van der Waals surface area contributed by atoms with E-state index in [-0.39, 0.29) is 29.7 Å². The number of halogens is 1. The Morgan fingerprint density at radius 1 is 0.970 bits per heavy atom. The number of fused-ring (bicyclic) bond motifs is 1. The van der Waals surface area contributed by atoms with E-state index < -0.39 is 0 Å². The molecule has 5 nitrogen and oxygen atoms in total. The molecule has 1 aliphatic carbocycles. The highest BCUT2D eigenvalue weighted by Gasteiger charge is 2.47. The molecular formula is C27H32FN3O2. The molecule has 0 radical (unpaired) electrons. The van der Waals surface area contributed by atoms with Gasteiger partial charge in [0, 0.05) is 36.9 Å². The van der Waals surface area contributed by atoms with Crippen molar-refractivity contribution < 1.29 is 14.0 Å². The monoisotopic (exact) mass is 449 g/mol. The number of anilines is 1. The van der Waals surface area contributed by atoms with Gasteiger partial charge in [-0.2, -0.15) is 0 Å². The van der Waals surface area contributed by atoms with Gasteiger partial charge in [-0.1, -0.05) is 31.0 Å². The van der Waals surface area contributed by atoms with Gasteiger partial charge >= 0.3 is 0 Å². The Bertz CT molecular complexity index is 981. The van der Waals surface area contributed by atoms with Crippen molar-refractivity contribution in [2.24, 2.45) is 11.8 Å². The minimum absolute atomic E-state index is 0.0195. The van der Waals surface area contributed by atoms with Gasteiger partial charge < -0.3 is 15.1 Å². The third-order valence-corrected chi connectivity index (χ3v) is 7.69. The molecule has 2 aromatic rings. The van der Waals surface area contributed by atoms with E-state index in [1.807, 2.05) is 47.4 Å². The molecule has 3 aliphatic rings. The summed E-state index contributed by atoms with van der Waals surface area (Å²) in [6.07, 6.45) is 6.14. The molecule has 6 heteroatoms. The average molecular weight is 450 g/mol. The first kappa shape index (κ1) is 21.9. The normalized spacial score (nSPS) is 26.8. The predicted octanol–water partition coefficient (Wildman–Crippen LogP) is 4.24. The highest BCUT2D eigenvalue weighted by Crippen LogP contribution is 2.40. The Labute approximate surface area is 195 Å². The van der Waals surface area contributed by atoms with Crippen LogP contribution in [0.15, 0.2) is 54.6 Å². The van der Waals surface area contributed by atoms with Crippen molar-refractivity contribution in [1.82, 2.24) is 10.2 Å². The zero-order valence-corrected chi connectivity index (χ0v) is 19.0. The van der Waals surface area contributed by atoms with Gasteiger partial charge in [-0.15, -0.1) is 0 Å². The van der Waals surface area contributed by atoms with Gasteiger partial charge in [-0.25, -0.2) is 4.39 Å². The second-order valence-electron chi connectivity index (χ2n) is 9.76. The van der Waals surface area contributed by atoms with Crippen LogP contribution in [0.2, 0.25) is 0 Å². The molecular weight excluding hydrogens is 417 g/mol. The van der Waals surface area contributed by atoms with Crippen molar-refractivity contribution in [2.75, 3.05) is 24.5 Å². The van der Waals surface area contributed by atoms with E-state index in [0.29, 0.717) is 23.9 Å². The van der Waals surface area contributed by atoms with Gasteiger partial charge in [-0.05, 0) is 73.9 Å². The van der Waals surface area contributed by atoms with Gasteiger partial charge in [-0.3, -0.25) is 9.59 Å². The average Bonchev–Trinajstić information content (AvgIpc) is 3.48. The van der Waals surface area contributed by atoms with E-state index in [1.54, 1.807) is 0 Å². The Morgan fingerprint density at radius 3 is 2.52 bits per heavy atom. The van der Waals surface area contributed by atoms with Crippen LogP contribution in [0.3, 0.4) is 0 Å². The van der Waals surface area contributed by atoms with Gasteiger partial charge in [0.2, 0.25) is 5.91 Å². The fourth-order valence-corrected chi connectivity index (χ4v) is 5.96. The smallest absolute Gasteiger partial charge is 0.254 e. The van der Waals surface area contributed by atoms with Crippen LogP contribution >= 0.6 is 0 Å². The second kappa shape index (κ2) is 9.54. The summed E-state index contributed by atoms with van der Waals surface area (Å²) in [7, 11) is 0. The summed E-state index contributed by atoms with van der Waals surface area (Å²) in [4.78, 5) is 30.9. The number of benzene rings is 2. The van der Waals surface area contributed by atoms with Crippen LogP contribution in [0.4, 0.5) is 10.1 Å². The predicted molar refractivity (Wildman–Crippen MR) is 126 cm³/mol. The number of nitrogens with zero attached hydrogens (tertiary/aromatic N) is 2. The van der Waals surface area contributed by atoms with Crippen molar-refractivity contribution in [3.05, 3.63) is 66.0 Å². The second-order valence-corrected chi connectivity index (χ2v) is 9.76. The van der Waals surface area contributed by atoms with Crippen molar-refractivity contribution in [2.45, 2.75) is 50.6 Å². The molecule has 2 heterocycles. The number of rotatable bonds is 5. The van der Waals surface area contributed by atoms with Crippen LogP contribution in [0.1, 0.15) is 48.9 Å². The van der Waals surface area contributed by atoms with E-state index in [9.17, 15) is 14.0 Å². The zero-order valence-electron chi connectivity index (χ0n) is 19.0. The van der Waals surface area contributed by atoms with Crippen LogP contribution in [0.5, 0.6) is 0 Å². The van der Waals surface area contributed by atoms with E-state index in [2.05, 4.69) is 10.2 Å². The number of hydrogen-bond donors (Lipinski definition) is 1. The standard InChI is InChI=1S/C27H32FN3O2/c28-22-10-12-23(13-11-22)30-15-14-19(18-30)17-29-26(32)25-16-21-8-4-5-9-24(21)31(25)27(33)20-6-2-1-3-7-20/h1-3,6-7,10-13,19,21,24-25H,4-5,8-9,14-18H2,(H,29,32). The molecule has 3 fully saturated rings. The first-order valence-electron chi connectivity index (χ1n) is 12.3. The summed E-state index contributed by atoms with van der Waals surface area (Å²) in [5.41, 5.74) is 1.68. The maximum Gasteiger partial charge on any atom is 0.254 e. The lowest BCUT2D eigenvalue weighted by Gasteiger charge is -2.33. The van der Waals surface area contributed by atoms with E-state index in [1.165, 1.54) is 18.6 Å². The summed E-state index contributed by atoms with van der Waals surface area (Å²) in [5, 5.41) is 3.17. The number of hydrogen-bond acceptors (Lipinski definition) is 3. The summed E-state index contributed by atoms with van der Waals surface area (Å²) < 4.78 is 13.2. The number of likely N-dealkylation sites (tertiary alicyclic amines) is 1. The first-order chi connectivity index (χ1) is 16.1.